The molecule has 0 N–H and O–H groups in total. The molecule has 0 spiro atoms. The Morgan fingerprint density at radius 1 is 1.31 bits per heavy atom. The van der Waals surface area contributed by atoms with Crippen molar-refractivity contribution in [2.75, 3.05) is 7.11 Å². The van der Waals surface area contributed by atoms with Gasteiger partial charge < -0.3 is 4.74 Å². The van der Waals surface area contributed by atoms with Gasteiger partial charge in [0.05, 0.1) is 19.0 Å². The van der Waals surface area contributed by atoms with E-state index in [0.717, 1.165) is 11.8 Å². The Morgan fingerprint density at radius 2 is 2.19 bits per heavy atom. The van der Waals surface area contributed by atoms with Crippen LogP contribution in [0.15, 0.2) is 36.5 Å². The minimum atomic E-state index is 0.613. The van der Waals surface area contributed by atoms with Crippen LogP contribution >= 0.6 is 0 Å². The summed E-state index contributed by atoms with van der Waals surface area (Å²) in [6.45, 7) is 0. The van der Waals surface area contributed by atoms with Gasteiger partial charge in [0.25, 0.3) is 0 Å². The molecule has 0 amide bonds. The Labute approximate surface area is 92.9 Å². The van der Waals surface area contributed by atoms with Gasteiger partial charge in [0, 0.05) is 17.2 Å². The lowest BCUT2D eigenvalue weighted by atomic mass is 10.1. The van der Waals surface area contributed by atoms with Gasteiger partial charge in [0.15, 0.2) is 0 Å². The van der Waals surface area contributed by atoms with Gasteiger partial charge >= 0.3 is 0 Å². The monoisotopic (exact) mass is 214 g/mol. The summed E-state index contributed by atoms with van der Waals surface area (Å²) in [6, 6.07) is 8.95. The molecule has 0 bridgehead atoms. The molecule has 0 radical (unpaired) electrons. The predicted molar refractivity (Wildman–Crippen MR) is 59.4 cm³/mol. The van der Waals surface area contributed by atoms with Crippen molar-refractivity contribution in [3.8, 4) is 17.0 Å². The maximum atomic E-state index is 10.7. The molecule has 1 heterocycles. The van der Waals surface area contributed by atoms with Gasteiger partial charge in [-0.1, -0.05) is 18.2 Å². The van der Waals surface area contributed by atoms with Crippen molar-refractivity contribution in [2.45, 2.75) is 0 Å². The Kier molecular flexibility index (Phi) is 2.91. The number of nitrogens with zero attached hydrogens (tertiary/aromatic N) is 2. The number of carbonyl (C=O) groups excluding carboxylic acids is 1. The maximum absolute atomic E-state index is 10.7. The molecule has 16 heavy (non-hydrogen) atoms. The largest absolute Gasteiger partial charge is 0.495 e. The SMILES string of the molecule is COc1cnnc(-c2cccc(C=O)c2)c1. The molecule has 1 aromatic carbocycles. The van der Waals surface area contributed by atoms with Crippen LogP contribution in [-0.2, 0) is 0 Å². The fourth-order valence-electron chi connectivity index (χ4n) is 1.37. The molecule has 4 nitrogen and oxygen atoms in total. The lowest BCUT2D eigenvalue weighted by molar-refractivity contribution is 0.112. The van der Waals surface area contributed by atoms with Crippen molar-refractivity contribution >= 4 is 6.29 Å². The van der Waals surface area contributed by atoms with Crippen LogP contribution in [-0.4, -0.2) is 23.6 Å². The van der Waals surface area contributed by atoms with E-state index in [1.165, 1.54) is 6.20 Å². The van der Waals surface area contributed by atoms with Crippen molar-refractivity contribution in [2.24, 2.45) is 0 Å². The molecule has 0 aliphatic carbocycles. The Balaban J connectivity index is 2.45. The van der Waals surface area contributed by atoms with Gasteiger partial charge in [0.2, 0.25) is 0 Å². The number of carbonyl (C=O) groups is 1. The third-order valence-electron chi connectivity index (χ3n) is 2.18. The van der Waals surface area contributed by atoms with E-state index < -0.39 is 0 Å². The first-order valence-corrected chi connectivity index (χ1v) is 4.76. The molecule has 2 rings (SSSR count). The highest BCUT2D eigenvalue weighted by Gasteiger charge is 2.02. The Morgan fingerprint density at radius 3 is 2.94 bits per heavy atom. The van der Waals surface area contributed by atoms with Gasteiger partial charge in [-0.3, -0.25) is 4.79 Å². The smallest absolute Gasteiger partial charge is 0.150 e. The van der Waals surface area contributed by atoms with Crippen LogP contribution in [0.1, 0.15) is 10.4 Å². The van der Waals surface area contributed by atoms with Crippen molar-refractivity contribution in [3.05, 3.63) is 42.1 Å². The van der Waals surface area contributed by atoms with E-state index >= 15 is 0 Å². The highest BCUT2D eigenvalue weighted by Crippen LogP contribution is 2.20. The van der Waals surface area contributed by atoms with E-state index in [-0.39, 0.29) is 0 Å². The fraction of sp³-hybridized carbons (Fsp3) is 0.0833. The zero-order chi connectivity index (χ0) is 11.4. The van der Waals surface area contributed by atoms with Crippen LogP contribution in [0.4, 0.5) is 0 Å². The molecule has 0 aliphatic rings. The topological polar surface area (TPSA) is 52.1 Å². The summed E-state index contributed by atoms with van der Waals surface area (Å²) in [7, 11) is 1.57. The molecule has 1 aromatic heterocycles. The number of hydrogen-bond acceptors (Lipinski definition) is 4. The summed E-state index contributed by atoms with van der Waals surface area (Å²) in [6.07, 6.45) is 2.34. The number of hydrogen-bond donors (Lipinski definition) is 0. The van der Waals surface area contributed by atoms with Gasteiger partial charge in [0.1, 0.15) is 12.0 Å². The number of aldehydes is 1. The van der Waals surface area contributed by atoms with E-state index in [0.29, 0.717) is 17.0 Å². The van der Waals surface area contributed by atoms with E-state index in [4.69, 9.17) is 4.74 Å². The zero-order valence-corrected chi connectivity index (χ0v) is 8.75. The third kappa shape index (κ3) is 2.06. The minimum Gasteiger partial charge on any atom is -0.495 e. The van der Waals surface area contributed by atoms with Crippen molar-refractivity contribution < 1.29 is 9.53 Å². The van der Waals surface area contributed by atoms with Crippen LogP contribution in [0.3, 0.4) is 0 Å². The van der Waals surface area contributed by atoms with Crippen molar-refractivity contribution in [1.29, 1.82) is 0 Å². The van der Waals surface area contributed by atoms with Crippen molar-refractivity contribution in [3.63, 3.8) is 0 Å². The minimum absolute atomic E-state index is 0.613. The second-order valence-electron chi connectivity index (χ2n) is 3.22. The van der Waals surface area contributed by atoms with Crippen LogP contribution in [0.2, 0.25) is 0 Å². The average molecular weight is 214 g/mol. The Bertz CT molecular complexity index is 512. The highest BCUT2D eigenvalue weighted by molar-refractivity contribution is 5.78. The number of benzene rings is 1. The third-order valence-corrected chi connectivity index (χ3v) is 2.18. The molecule has 0 saturated carbocycles. The van der Waals surface area contributed by atoms with Gasteiger partial charge in [-0.05, 0) is 6.07 Å². The molecule has 2 aromatic rings. The number of rotatable bonds is 3. The molecule has 0 atom stereocenters. The van der Waals surface area contributed by atoms with Crippen LogP contribution in [0.25, 0.3) is 11.3 Å². The molecule has 4 heteroatoms. The second kappa shape index (κ2) is 4.53. The van der Waals surface area contributed by atoms with Gasteiger partial charge in [-0.2, -0.15) is 10.2 Å². The summed E-state index contributed by atoms with van der Waals surface area (Å²) in [4.78, 5) is 10.7. The second-order valence-corrected chi connectivity index (χ2v) is 3.22. The quantitative estimate of drug-likeness (QED) is 0.733. The summed E-state index contributed by atoms with van der Waals surface area (Å²) in [5.41, 5.74) is 2.14. The maximum Gasteiger partial charge on any atom is 0.150 e. The highest BCUT2D eigenvalue weighted by atomic mass is 16.5. The first-order chi connectivity index (χ1) is 7.83. The zero-order valence-electron chi connectivity index (χ0n) is 8.75. The molecular weight excluding hydrogens is 204 g/mol. The standard InChI is InChI=1S/C12H10N2O2/c1-16-11-6-12(14-13-7-11)10-4-2-3-9(5-10)8-15/h2-8H,1H3. The molecule has 0 saturated heterocycles. The van der Waals surface area contributed by atoms with Crippen molar-refractivity contribution in [1.82, 2.24) is 10.2 Å². The molecule has 0 fully saturated rings. The number of methoxy groups -OCH3 is 1. The lowest BCUT2D eigenvalue weighted by Gasteiger charge is -2.02. The summed E-state index contributed by atoms with van der Waals surface area (Å²) in [5.74, 6) is 0.640. The van der Waals surface area contributed by atoms with Crippen LogP contribution in [0, 0.1) is 0 Å². The summed E-state index contributed by atoms with van der Waals surface area (Å²) in [5, 5.41) is 7.81. The Hall–Kier alpha value is -2.23. The van der Waals surface area contributed by atoms with Crippen LogP contribution < -0.4 is 4.74 Å². The number of aromatic nitrogens is 2. The molecule has 0 unspecified atom stereocenters. The van der Waals surface area contributed by atoms with E-state index in [9.17, 15) is 4.79 Å². The fourth-order valence-corrected chi connectivity index (χ4v) is 1.37. The summed E-state index contributed by atoms with van der Waals surface area (Å²) < 4.78 is 5.06. The molecular formula is C12H10N2O2. The van der Waals surface area contributed by atoms with Crippen LogP contribution in [0.5, 0.6) is 5.75 Å². The normalized spacial score (nSPS) is 9.81. The average Bonchev–Trinajstić information content (AvgIpc) is 2.39. The molecule has 80 valence electrons. The van der Waals surface area contributed by atoms with E-state index in [2.05, 4.69) is 10.2 Å². The lowest BCUT2D eigenvalue weighted by Crippen LogP contribution is -1.91. The predicted octanol–water partition coefficient (Wildman–Crippen LogP) is 1.96. The first-order valence-electron chi connectivity index (χ1n) is 4.76. The first kappa shape index (κ1) is 10.3. The summed E-state index contributed by atoms with van der Waals surface area (Å²) >= 11 is 0. The molecule has 0 aliphatic heterocycles. The number of ether oxygens (including phenoxy) is 1. The van der Waals surface area contributed by atoms with Gasteiger partial charge in [-0.25, -0.2) is 0 Å². The van der Waals surface area contributed by atoms with Gasteiger partial charge in [-0.15, -0.1) is 0 Å². The van der Waals surface area contributed by atoms with E-state index in [1.54, 1.807) is 31.4 Å². The van der Waals surface area contributed by atoms with E-state index in [1.807, 2.05) is 6.07 Å².